The number of non-ortho nitro benzene ring substituents is 1. The molecule has 10 heteroatoms. The second-order valence-electron chi connectivity index (χ2n) is 7.39. The molecule has 9 nitrogen and oxygen atoms in total. The number of aryl methyl sites for hydroxylation is 1. The van der Waals surface area contributed by atoms with Crippen LogP contribution < -0.4 is 14.8 Å². The molecular weight excluding hydrogens is 565 g/mol. The predicted molar refractivity (Wildman–Crippen MR) is 138 cm³/mol. The average Bonchev–Trinajstić information content (AvgIpc) is 2.83. The first-order valence-electron chi connectivity index (χ1n) is 10.2. The standard InChI is InChI=1S/C25H20IN3O6/c1-15-3-5-16(6-4-15)14-35-24-20(26)10-17(11-23(24)34-2)9-18(13-27)25(31)28-21-8-7-19(29(32)33)12-22(21)30/h3-12,30H,14H2,1-2H3,(H,28,31)/b18-9-. The molecule has 0 saturated heterocycles. The quantitative estimate of drug-likeness (QED) is 0.0910. The fourth-order valence-corrected chi connectivity index (χ4v) is 3.83. The van der Waals surface area contributed by atoms with Crippen molar-refractivity contribution in [3.63, 3.8) is 0 Å². The molecule has 0 spiro atoms. The van der Waals surface area contributed by atoms with Crippen LogP contribution in [-0.2, 0) is 11.4 Å². The highest BCUT2D eigenvalue weighted by molar-refractivity contribution is 14.1. The molecule has 0 fully saturated rings. The van der Waals surface area contributed by atoms with Gasteiger partial charge in [0, 0.05) is 6.07 Å². The molecule has 35 heavy (non-hydrogen) atoms. The summed E-state index contributed by atoms with van der Waals surface area (Å²) >= 11 is 2.08. The van der Waals surface area contributed by atoms with Crippen LogP contribution >= 0.6 is 22.6 Å². The molecule has 0 radical (unpaired) electrons. The van der Waals surface area contributed by atoms with Crippen LogP contribution in [0.25, 0.3) is 6.08 Å². The van der Waals surface area contributed by atoms with Crippen LogP contribution in [-0.4, -0.2) is 23.0 Å². The molecule has 0 bridgehead atoms. The first kappa shape index (κ1) is 25.5. The van der Waals surface area contributed by atoms with E-state index in [0.29, 0.717) is 27.2 Å². The highest BCUT2D eigenvalue weighted by Gasteiger charge is 2.17. The van der Waals surface area contributed by atoms with Crippen molar-refractivity contribution >= 4 is 45.9 Å². The van der Waals surface area contributed by atoms with E-state index in [1.54, 1.807) is 12.1 Å². The zero-order valence-electron chi connectivity index (χ0n) is 18.7. The van der Waals surface area contributed by atoms with Gasteiger partial charge in [0.05, 0.1) is 27.4 Å². The maximum Gasteiger partial charge on any atom is 0.273 e. The van der Waals surface area contributed by atoms with Crippen LogP contribution in [0.1, 0.15) is 16.7 Å². The van der Waals surface area contributed by atoms with E-state index < -0.39 is 16.6 Å². The smallest absolute Gasteiger partial charge is 0.273 e. The second kappa shape index (κ2) is 11.3. The van der Waals surface area contributed by atoms with Gasteiger partial charge in [-0.1, -0.05) is 29.8 Å². The van der Waals surface area contributed by atoms with E-state index in [0.717, 1.165) is 23.3 Å². The van der Waals surface area contributed by atoms with Gasteiger partial charge in [0.15, 0.2) is 11.5 Å². The van der Waals surface area contributed by atoms with E-state index in [4.69, 9.17) is 9.47 Å². The van der Waals surface area contributed by atoms with Gasteiger partial charge in [0.1, 0.15) is 24.0 Å². The molecule has 0 aliphatic rings. The molecule has 178 valence electrons. The highest BCUT2D eigenvalue weighted by Crippen LogP contribution is 2.35. The van der Waals surface area contributed by atoms with Crippen molar-refractivity contribution in [2.45, 2.75) is 13.5 Å². The number of nitriles is 1. The maximum absolute atomic E-state index is 12.6. The Kier molecular flexibility index (Phi) is 8.27. The van der Waals surface area contributed by atoms with Gasteiger partial charge in [-0.15, -0.1) is 0 Å². The normalized spacial score (nSPS) is 10.9. The van der Waals surface area contributed by atoms with Gasteiger partial charge >= 0.3 is 0 Å². The first-order chi connectivity index (χ1) is 16.7. The lowest BCUT2D eigenvalue weighted by molar-refractivity contribution is -0.384. The zero-order chi connectivity index (χ0) is 25.5. The first-order valence-corrected chi connectivity index (χ1v) is 11.3. The molecule has 0 aliphatic carbocycles. The van der Waals surface area contributed by atoms with Gasteiger partial charge in [-0.25, -0.2) is 0 Å². The summed E-state index contributed by atoms with van der Waals surface area (Å²) in [6, 6.07) is 16.4. The number of carbonyl (C=O) groups is 1. The molecule has 3 aromatic carbocycles. The summed E-state index contributed by atoms with van der Waals surface area (Å²) in [6.45, 7) is 2.35. The number of carbonyl (C=O) groups excluding carboxylic acids is 1. The number of amides is 1. The molecule has 0 aromatic heterocycles. The van der Waals surface area contributed by atoms with Crippen LogP contribution in [0.15, 0.2) is 60.2 Å². The van der Waals surface area contributed by atoms with Gasteiger partial charge in [0.25, 0.3) is 11.6 Å². The molecular formula is C25H20IN3O6. The number of nitrogens with zero attached hydrogens (tertiary/aromatic N) is 2. The van der Waals surface area contributed by atoms with Crippen molar-refractivity contribution in [1.82, 2.24) is 0 Å². The third-order valence-electron chi connectivity index (χ3n) is 4.87. The number of hydrogen-bond donors (Lipinski definition) is 2. The molecule has 0 heterocycles. The van der Waals surface area contributed by atoms with Crippen LogP contribution in [0.2, 0.25) is 0 Å². The summed E-state index contributed by atoms with van der Waals surface area (Å²) in [5, 5.41) is 32.7. The monoisotopic (exact) mass is 585 g/mol. The number of phenols is 1. The van der Waals surface area contributed by atoms with E-state index in [1.165, 1.54) is 19.3 Å². The van der Waals surface area contributed by atoms with Gasteiger partial charge in [-0.2, -0.15) is 5.26 Å². The fraction of sp³-hybridized carbons (Fsp3) is 0.120. The van der Waals surface area contributed by atoms with Crippen molar-refractivity contribution in [3.8, 4) is 23.3 Å². The van der Waals surface area contributed by atoms with Gasteiger partial charge < -0.3 is 19.9 Å². The van der Waals surface area contributed by atoms with E-state index in [9.17, 15) is 25.3 Å². The molecule has 3 aromatic rings. The number of nitro groups is 1. The Labute approximate surface area is 214 Å². The Hall–Kier alpha value is -4.11. The summed E-state index contributed by atoms with van der Waals surface area (Å²) in [7, 11) is 1.49. The fourth-order valence-electron chi connectivity index (χ4n) is 3.05. The van der Waals surface area contributed by atoms with Crippen LogP contribution in [0.4, 0.5) is 11.4 Å². The minimum absolute atomic E-state index is 0.0613. The summed E-state index contributed by atoms with van der Waals surface area (Å²) in [5.74, 6) is -0.313. The van der Waals surface area contributed by atoms with E-state index in [2.05, 4.69) is 27.9 Å². The summed E-state index contributed by atoms with van der Waals surface area (Å²) < 4.78 is 12.1. The lowest BCUT2D eigenvalue weighted by Crippen LogP contribution is -2.13. The number of anilines is 1. The molecule has 0 atom stereocenters. The Morgan fingerprint density at radius 3 is 2.54 bits per heavy atom. The predicted octanol–water partition coefficient (Wildman–Crippen LogP) is 5.35. The Morgan fingerprint density at radius 1 is 1.23 bits per heavy atom. The van der Waals surface area contributed by atoms with E-state index in [1.807, 2.05) is 37.3 Å². The van der Waals surface area contributed by atoms with Gasteiger partial charge in [0.2, 0.25) is 0 Å². The molecule has 1 amide bonds. The number of ether oxygens (including phenoxy) is 2. The average molecular weight is 585 g/mol. The lowest BCUT2D eigenvalue weighted by Gasteiger charge is -2.14. The molecule has 2 N–H and O–H groups in total. The number of halogens is 1. The van der Waals surface area contributed by atoms with E-state index >= 15 is 0 Å². The summed E-state index contributed by atoms with van der Waals surface area (Å²) in [4.78, 5) is 22.7. The zero-order valence-corrected chi connectivity index (χ0v) is 20.9. The number of nitro benzene ring substituents is 1. The van der Waals surface area contributed by atoms with E-state index in [-0.39, 0.29) is 16.9 Å². The van der Waals surface area contributed by atoms with Gasteiger partial charge in [-0.05, 0) is 64.9 Å². The Morgan fingerprint density at radius 2 is 1.94 bits per heavy atom. The SMILES string of the molecule is COc1cc(/C=C(/C#N)C(=O)Nc2ccc([N+](=O)[O-])cc2O)cc(I)c1OCc1ccc(C)cc1. The number of nitrogens with one attached hydrogen (secondary N) is 1. The highest BCUT2D eigenvalue weighted by atomic mass is 127. The van der Waals surface area contributed by atoms with Crippen LogP contribution in [0, 0.1) is 31.9 Å². The second-order valence-corrected chi connectivity index (χ2v) is 8.55. The van der Waals surface area contributed by atoms with Crippen molar-refractivity contribution in [1.29, 1.82) is 5.26 Å². The Balaban J connectivity index is 1.81. The molecule has 3 rings (SSSR count). The van der Waals surface area contributed by atoms with Crippen LogP contribution in [0.5, 0.6) is 17.2 Å². The molecule has 0 unspecified atom stereocenters. The number of hydrogen-bond acceptors (Lipinski definition) is 7. The summed E-state index contributed by atoms with van der Waals surface area (Å²) in [6.07, 6.45) is 1.37. The van der Waals surface area contributed by atoms with Crippen LogP contribution in [0.3, 0.4) is 0 Å². The largest absolute Gasteiger partial charge is 0.506 e. The molecule has 0 saturated carbocycles. The topological polar surface area (TPSA) is 135 Å². The molecule has 0 aliphatic heterocycles. The number of aromatic hydroxyl groups is 1. The van der Waals surface area contributed by atoms with Crippen molar-refractivity contribution in [2.24, 2.45) is 0 Å². The number of benzene rings is 3. The van der Waals surface area contributed by atoms with Gasteiger partial charge in [-0.3, -0.25) is 14.9 Å². The van der Waals surface area contributed by atoms with Crippen molar-refractivity contribution in [2.75, 3.05) is 12.4 Å². The Bertz CT molecular complexity index is 1350. The number of phenolic OH excluding ortho intramolecular Hbond substituents is 1. The third-order valence-corrected chi connectivity index (χ3v) is 5.67. The maximum atomic E-state index is 12.6. The third kappa shape index (κ3) is 6.48. The van der Waals surface area contributed by atoms with Crippen molar-refractivity contribution < 1.29 is 24.3 Å². The minimum Gasteiger partial charge on any atom is -0.506 e. The van der Waals surface area contributed by atoms with Crippen molar-refractivity contribution in [3.05, 3.63) is 90.5 Å². The number of rotatable bonds is 8. The lowest BCUT2D eigenvalue weighted by atomic mass is 10.1. The minimum atomic E-state index is -0.787. The summed E-state index contributed by atoms with van der Waals surface area (Å²) in [5.41, 5.74) is 2.03. The number of methoxy groups -OCH3 is 1.